The van der Waals surface area contributed by atoms with Gasteiger partial charge in [-0.15, -0.1) is 0 Å². The molecule has 1 fully saturated rings. The van der Waals surface area contributed by atoms with E-state index in [1.165, 1.54) is 6.42 Å². The molecule has 0 saturated heterocycles. The Labute approximate surface area is 108 Å². The molecule has 0 aliphatic heterocycles. The minimum absolute atomic E-state index is 0.0427. The Bertz CT molecular complexity index is 397. The largest absolute Gasteiger partial charge is 0.504 e. The van der Waals surface area contributed by atoms with Crippen molar-refractivity contribution in [2.45, 2.75) is 31.4 Å². The van der Waals surface area contributed by atoms with E-state index in [9.17, 15) is 5.11 Å². The van der Waals surface area contributed by atoms with Crippen molar-refractivity contribution in [3.05, 3.63) is 23.8 Å². The molecule has 0 aromatic heterocycles. The Morgan fingerprint density at radius 3 is 2.67 bits per heavy atom. The third-order valence-corrected chi connectivity index (χ3v) is 3.72. The van der Waals surface area contributed by atoms with Crippen molar-refractivity contribution >= 4 is 0 Å². The van der Waals surface area contributed by atoms with Crippen LogP contribution < -0.4 is 10.1 Å². The average Bonchev–Trinajstić information content (AvgIpc) is 2.34. The van der Waals surface area contributed by atoms with Crippen molar-refractivity contribution in [3.8, 4) is 11.5 Å². The van der Waals surface area contributed by atoms with E-state index in [0.717, 1.165) is 31.5 Å². The summed E-state index contributed by atoms with van der Waals surface area (Å²) in [5.41, 5.74) is 1.14. The highest BCUT2D eigenvalue weighted by Crippen LogP contribution is 2.34. The van der Waals surface area contributed by atoms with E-state index in [4.69, 9.17) is 9.47 Å². The zero-order valence-corrected chi connectivity index (χ0v) is 11.0. The van der Waals surface area contributed by atoms with Crippen molar-refractivity contribution < 1.29 is 14.6 Å². The summed E-state index contributed by atoms with van der Waals surface area (Å²) in [6.45, 7) is 1.62. The van der Waals surface area contributed by atoms with E-state index < -0.39 is 0 Å². The number of benzene rings is 1. The quantitative estimate of drug-likeness (QED) is 0.812. The molecule has 18 heavy (non-hydrogen) atoms. The Morgan fingerprint density at radius 2 is 2.11 bits per heavy atom. The first-order chi connectivity index (χ1) is 8.69. The predicted octanol–water partition coefficient (Wildman–Crippen LogP) is 2.06. The molecule has 0 unspecified atom stereocenters. The van der Waals surface area contributed by atoms with Gasteiger partial charge in [-0.3, -0.25) is 0 Å². The van der Waals surface area contributed by atoms with Crippen molar-refractivity contribution in [1.82, 2.24) is 5.32 Å². The van der Waals surface area contributed by atoms with E-state index in [0.29, 0.717) is 5.75 Å². The summed E-state index contributed by atoms with van der Waals surface area (Å²) in [6.07, 6.45) is 3.52. The molecule has 4 nitrogen and oxygen atoms in total. The number of phenols is 1. The SMILES string of the molecule is COc1cc(CNCC2(OC)CCC2)ccc1O. The fourth-order valence-electron chi connectivity index (χ4n) is 2.29. The van der Waals surface area contributed by atoms with Gasteiger partial charge in [0, 0.05) is 20.2 Å². The third kappa shape index (κ3) is 2.76. The minimum atomic E-state index is 0.0427. The standard InChI is InChI=1S/C14H21NO3/c1-17-13-8-11(4-5-12(13)16)9-15-10-14(18-2)6-3-7-14/h4-5,8,15-16H,3,6-7,9-10H2,1-2H3. The zero-order valence-electron chi connectivity index (χ0n) is 11.0. The monoisotopic (exact) mass is 251 g/mol. The van der Waals surface area contributed by atoms with Crippen LogP contribution in [0.15, 0.2) is 18.2 Å². The van der Waals surface area contributed by atoms with E-state index in [2.05, 4.69) is 5.32 Å². The molecule has 0 spiro atoms. The van der Waals surface area contributed by atoms with Crippen LogP contribution in [0.25, 0.3) is 0 Å². The number of ether oxygens (including phenoxy) is 2. The number of hydrogen-bond acceptors (Lipinski definition) is 4. The lowest BCUT2D eigenvalue weighted by Gasteiger charge is -2.40. The lowest BCUT2D eigenvalue weighted by molar-refractivity contribution is -0.0695. The van der Waals surface area contributed by atoms with Crippen LogP contribution >= 0.6 is 0 Å². The van der Waals surface area contributed by atoms with Crippen molar-refractivity contribution in [2.24, 2.45) is 0 Å². The molecular formula is C14H21NO3. The molecule has 1 saturated carbocycles. The molecule has 0 amide bonds. The number of aromatic hydroxyl groups is 1. The first-order valence-electron chi connectivity index (χ1n) is 6.31. The van der Waals surface area contributed by atoms with Gasteiger partial charge in [0.15, 0.2) is 11.5 Å². The summed E-state index contributed by atoms with van der Waals surface area (Å²) in [6, 6.07) is 5.40. The fraction of sp³-hybridized carbons (Fsp3) is 0.571. The summed E-state index contributed by atoms with van der Waals surface area (Å²) in [4.78, 5) is 0. The van der Waals surface area contributed by atoms with Gasteiger partial charge in [-0.1, -0.05) is 6.07 Å². The normalized spacial score (nSPS) is 17.2. The van der Waals surface area contributed by atoms with Gasteiger partial charge in [-0.25, -0.2) is 0 Å². The van der Waals surface area contributed by atoms with Crippen LogP contribution in [0.3, 0.4) is 0 Å². The summed E-state index contributed by atoms with van der Waals surface area (Å²) < 4.78 is 10.6. The molecular weight excluding hydrogens is 230 g/mol. The second-order valence-corrected chi connectivity index (χ2v) is 4.85. The topological polar surface area (TPSA) is 50.7 Å². The first kappa shape index (κ1) is 13.2. The molecule has 1 aliphatic rings. The fourth-order valence-corrected chi connectivity index (χ4v) is 2.29. The Hall–Kier alpha value is -1.26. The van der Waals surface area contributed by atoms with Gasteiger partial charge < -0.3 is 19.9 Å². The van der Waals surface area contributed by atoms with Crippen molar-refractivity contribution in [2.75, 3.05) is 20.8 Å². The minimum Gasteiger partial charge on any atom is -0.504 e. The van der Waals surface area contributed by atoms with Gasteiger partial charge in [-0.2, -0.15) is 0 Å². The maximum absolute atomic E-state index is 9.51. The van der Waals surface area contributed by atoms with E-state index in [-0.39, 0.29) is 11.4 Å². The van der Waals surface area contributed by atoms with Gasteiger partial charge >= 0.3 is 0 Å². The van der Waals surface area contributed by atoms with Crippen LogP contribution in [0, 0.1) is 0 Å². The molecule has 100 valence electrons. The average molecular weight is 251 g/mol. The van der Waals surface area contributed by atoms with Gasteiger partial charge in [0.1, 0.15) is 0 Å². The molecule has 0 atom stereocenters. The molecule has 4 heteroatoms. The van der Waals surface area contributed by atoms with E-state index in [1.54, 1.807) is 20.3 Å². The van der Waals surface area contributed by atoms with Crippen molar-refractivity contribution in [3.63, 3.8) is 0 Å². The highest BCUT2D eigenvalue weighted by Gasteiger charge is 2.36. The van der Waals surface area contributed by atoms with Gasteiger partial charge in [-0.05, 0) is 37.0 Å². The summed E-state index contributed by atoms with van der Waals surface area (Å²) in [5.74, 6) is 0.688. The molecule has 1 aromatic carbocycles. The van der Waals surface area contributed by atoms with Crippen LogP contribution in [-0.4, -0.2) is 31.5 Å². The molecule has 0 bridgehead atoms. The number of hydrogen-bond donors (Lipinski definition) is 2. The highest BCUT2D eigenvalue weighted by molar-refractivity contribution is 5.41. The Morgan fingerprint density at radius 1 is 1.33 bits per heavy atom. The summed E-state index contributed by atoms with van der Waals surface area (Å²) >= 11 is 0. The summed E-state index contributed by atoms with van der Waals surface area (Å²) in [5, 5.41) is 12.9. The predicted molar refractivity (Wildman–Crippen MR) is 70.0 cm³/mol. The Kier molecular flexibility index (Phi) is 4.09. The maximum atomic E-state index is 9.51. The molecule has 0 radical (unpaired) electrons. The maximum Gasteiger partial charge on any atom is 0.160 e. The second-order valence-electron chi connectivity index (χ2n) is 4.85. The van der Waals surface area contributed by atoms with Gasteiger partial charge in [0.2, 0.25) is 0 Å². The zero-order chi connectivity index (χ0) is 13.0. The van der Waals surface area contributed by atoms with Gasteiger partial charge in [0.05, 0.1) is 12.7 Å². The van der Waals surface area contributed by atoms with E-state index >= 15 is 0 Å². The molecule has 2 rings (SSSR count). The number of phenolic OH excluding ortho intramolecular Hbond substituents is 1. The van der Waals surface area contributed by atoms with Crippen molar-refractivity contribution in [1.29, 1.82) is 0 Å². The van der Waals surface area contributed by atoms with Gasteiger partial charge in [0.25, 0.3) is 0 Å². The van der Waals surface area contributed by atoms with Crippen LogP contribution in [0.5, 0.6) is 11.5 Å². The van der Waals surface area contributed by atoms with Crippen LogP contribution in [0.2, 0.25) is 0 Å². The first-order valence-corrected chi connectivity index (χ1v) is 6.31. The van der Waals surface area contributed by atoms with E-state index in [1.807, 2.05) is 12.1 Å². The molecule has 0 heterocycles. The Balaban J connectivity index is 1.86. The summed E-state index contributed by atoms with van der Waals surface area (Å²) in [7, 11) is 3.34. The highest BCUT2D eigenvalue weighted by atomic mass is 16.5. The molecule has 2 N–H and O–H groups in total. The van der Waals surface area contributed by atoms with Crippen LogP contribution in [0.4, 0.5) is 0 Å². The number of nitrogens with one attached hydrogen (secondary N) is 1. The second kappa shape index (κ2) is 5.59. The lowest BCUT2D eigenvalue weighted by atomic mass is 9.80. The number of rotatable bonds is 6. The lowest BCUT2D eigenvalue weighted by Crippen LogP contribution is -2.47. The van der Waals surface area contributed by atoms with Crippen LogP contribution in [-0.2, 0) is 11.3 Å². The number of methoxy groups -OCH3 is 2. The molecule has 1 aromatic rings. The van der Waals surface area contributed by atoms with Crippen LogP contribution in [0.1, 0.15) is 24.8 Å². The third-order valence-electron chi connectivity index (χ3n) is 3.72. The smallest absolute Gasteiger partial charge is 0.160 e. The molecule has 1 aliphatic carbocycles.